The molecule has 2 rings (SSSR count). The topological polar surface area (TPSA) is 29.1 Å². The zero-order chi connectivity index (χ0) is 10.8. The molecule has 1 aliphatic heterocycles. The highest BCUT2D eigenvalue weighted by atomic mass is 19.1. The average molecular weight is 207 g/mol. The molecule has 2 nitrogen and oxygen atoms in total. The normalized spacial score (nSPS) is 25.3. The Bertz CT molecular complexity index is 360. The second-order valence-electron chi connectivity index (χ2n) is 4.17. The Morgan fingerprint density at radius 2 is 2.07 bits per heavy atom. The third-order valence-electron chi connectivity index (χ3n) is 2.83. The maximum atomic E-state index is 12.7. The van der Waals surface area contributed by atoms with Crippen molar-refractivity contribution in [2.45, 2.75) is 25.8 Å². The van der Waals surface area contributed by atoms with E-state index >= 15 is 0 Å². The fourth-order valence-electron chi connectivity index (χ4n) is 1.98. The quantitative estimate of drug-likeness (QED) is 0.788. The van der Waals surface area contributed by atoms with Gasteiger partial charge in [-0.25, -0.2) is 4.39 Å². The third-order valence-corrected chi connectivity index (χ3v) is 2.83. The number of hydrogen-bond acceptors (Lipinski definition) is 1. The van der Waals surface area contributed by atoms with Gasteiger partial charge >= 0.3 is 0 Å². The molecule has 0 spiro atoms. The first-order valence-corrected chi connectivity index (χ1v) is 5.20. The van der Waals surface area contributed by atoms with Crippen LogP contribution in [0.25, 0.3) is 0 Å². The van der Waals surface area contributed by atoms with E-state index < -0.39 is 0 Å². The molecule has 0 aromatic heterocycles. The second kappa shape index (κ2) is 4.01. The van der Waals surface area contributed by atoms with Crippen molar-refractivity contribution in [3.8, 4) is 0 Å². The van der Waals surface area contributed by atoms with E-state index in [4.69, 9.17) is 0 Å². The van der Waals surface area contributed by atoms with Crippen molar-refractivity contribution in [1.82, 2.24) is 5.32 Å². The SMILES string of the molecule is CC1CC(Cc2ccc(F)cc2)NC1=O. The molecule has 1 saturated heterocycles. The van der Waals surface area contributed by atoms with Crippen molar-refractivity contribution in [3.63, 3.8) is 0 Å². The molecule has 0 radical (unpaired) electrons. The Balaban J connectivity index is 1.98. The molecule has 80 valence electrons. The number of carbonyl (C=O) groups is 1. The van der Waals surface area contributed by atoms with E-state index in [2.05, 4.69) is 5.32 Å². The van der Waals surface area contributed by atoms with Crippen LogP contribution in [0.15, 0.2) is 24.3 Å². The van der Waals surface area contributed by atoms with Gasteiger partial charge in [-0.1, -0.05) is 19.1 Å². The summed E-state index contributed by atoms with van der Waals surface area (Å²) >= 11 is 0. The predicted octanol–water partition coefficient (Wildman–Crippen LogP) is 1.89. The lowest BCUT2D eigenvalue weighted by Crippen LogP contribution is -2.27. The summed E-state index contributed by atoms with van der Waals surface area (Å²) in [6.45, 7) is 1.93. The third kappa shape index (κ3) is 2.35. The van der Waals surface area contributed by atoms with E-state index in [0.717, 1.165) is 18.4 Å². The van der Waals surface area contributed by atoms with Gasteiger partial charge in [0.1, 0.15) is 5.82 Å². The lowest BCUT2D eigenvalue weighted by Gasteiger charge is -2.09. The van der Waals surface area contributed by atoms with E-state index in [-0.39, 0.29) is 23.7 Å². The van der Waals surface area contributed by atoms with Gasteiger partial charge in [-0.05, 0) is 30.5 Å². The summed E-state index contributed by atoms with van der Waals surface area (Å²) in [6.07, 6.45) is 1.66. The summed E-state index contributed by atoms with van der Waals surface area (Å²) in [6, 6.07) is 6.65. The van der Waals surface area contributed by atoms with Gasteiger partial charge in [0.2, 0.25) is 5.91 Å². The van der Waals surface area contributed by atoms with Crippen LogP contribution in [-0.2, 0) is 11.2 Å². The monoisotopic (exact) mass is 207 g/mol. The summed E-state index contributed by atoms with van der Waals surface area (Å²) in [7, 11) is 0. The van der Waals surface area contributed by atoms with Crippen LogP contribution in [0, 0.1) is 11.7 Å². The highest BCUT2D eigenvalue weighted by molar-refractivity contribution is 5.80. The van der Waals surface area contributed by atoms with Gasteiger partial charge in [-0.2, -0.15) is 0 Å². The predicted molar refractivity (Wildman–Crippen MR) is 55.8 cm³/mol. The van der Waals surface area contributed by atoms with Crippen LogP contribution in [0.1, 0.15) is 18.9 Å². The lowest BCUT2D eigenvalue weighted by molar-refractivity contribution is -0.122. The van der Waals surface area contributed by atoms with Crippen molar-refractivity contribution in [3.05, 3.63) is 35.6 Å². The Morgan fingerprint density at radius 1 is 1.40 bits per heavy atom. The number of amides is 1. The minimum Gasteiger partial charge on any atom is -0.353 e. The highest BCUT2D eigenvalue weighted by Gasteiger charge is 2.27. The number of rotatable bonds is 2. The van der Waals surface area contributed by atoms with E-state index in [1.807, 2.05) is 6.92 Å². The molecule has 0 saturated carbocycles. The second-order valence-corrected chi connectivity index (χ2v) is 4.17. The van der Waals surface area contributed by atoms with Crippen molar-refractivity contribution in [2.75, 3.05) is 0 Å². The van der Waals surface area contributed by atoms with Crippen LogP contribution in [0.4, 0.5) is 4.39 Å². The summed E-state index contributed by atoms with van der Waals surface area (Å²) in [5, 5.41) is 2.93. The van der Waals surface area contributed by atoms with Gasteiger partial charge in [0, 0.05) is 12.0 Å². The molecule has 1 heterocycles. The molecule has 2 unspecified atom stereocenters. The Morgan fingerprint density at radius 3 is 2.60 bits per heavy atom. The average Bonchev–Trinajstić information content (AvgIpc) is 2.50. The smallest absolute Gasteiger partial charge is 0.223 e. The van der Waals surface area contributed by atoms with Gasteiger partial charge in [-0.3, -0.25) is 4.79 Å². The zero-order valence-electron chi connectivity index (χ0n) is 8.66. The molecule has 1 amide bonds. The van der Waals surface area contributed by atoms with E-state index in [9.17, 15) is 9.18 Å². The van der Waals surface area contributed by atoms with Crippen molar-refractivity contribution in [1.29, 1.82) is 0 Å². The van der Waals surface area contributed by atoms with Crippen molar-refractivity contribution < 1.29 is 9.18 Å². The number of hydrogen-bond donors (Lipinski definition) is 1. The molecule has 1 N–H and O–H groups in total. The molecule has 0 aliphatic carbocycles. The Kier molecular flexibility index (Phi) is 2.71. The van der Waals surface area contributed by atoms with Crippen molar-refractivity contribution in [2.24, 2.45) is 5.92 Å². The minimum atomic E-state index is -0.220. The minimum absolute atomic E-state index is 0.107. The lowest BCUT2D eigenvalue weighted by atomic mass is 10.0. The molecule has 15 heavy (non-hydrogen) atoms. The first-order chi connectivity index (χ1) is 7.15. The molecule has 1 aromatic rings. The fourth-order valence-corrected chi connectivity index (χ4v) is 1.98. The van der Waals surface area contributed by atoms with Crippen LogP contribution in [-0.4, -0.2) is 11.9 Å². The maximum Gasteiger partial charge on any atom is 0.223 e. The summed E-state index contributed by atoms with van der Waals surface area (Å²) in [5.74, 6) is 0.0140. The number of halogens is 1. The van der Waals surface area contributed by atoms with Crippen molar-refractivity contribution >= 4 is 5.91 Å². The molecule has 1 aromatic carbocycles. The molecule has 0 bridgehead atoms. The molecule has 1 aliphatic rings. The molecular formula is C12H14FNO. The highest BCUT2D eigenvalue weighted by Crippen LogP contribution is 2.18. The summed E-state index contributed by atoms with van der Waals surface area (Å²) in [4.78, 5) is 11.3. The number of carbonyl (C=O) groups excluding carboxylic acids is 1. The van der Waals surface area contributed by atoms with Gasteiger partial charge in [0.25, 0.3) is 0 Å². The first kappa shape index (κ1) is 10.1. The zero-order valence-corrected chi connectivity index (χ0v) is 8.66. The van der Waals surface area contributed by atoms with Crippen LogP contribution < -0.4 is 5.32 Å². The summed E-state index contributed by atoms with van der Waals surface area (Å²) < 4.78 is 12.7. The number of nitrogens with one attached hydrogen (secondary N) is 1. The fraction of sp³-hybridized carbons (Fsp3) is 0.417. The van der Waals surface area contributed by atoms with Crippen LogP contribution in [0.2, 0.25) is 0 Å². The first-order valence-electron chi connectivity index (χ1n) is 5.20. The van der Waals surface area contributed by atoms with Crippen LogP contribution in [0.5, 0.6) is 0 Å². The van der Waals surface area contributed by atoms with Gasteiger partial charge in [0.15, 0.2) is 0 Å². The Labute approximate surface area is 88.5 Å². The van der Waals surface area contributed by atoms with Gasteiger partial charge in [0.05, 0.1) is 0 Å². The molecular weight excluding hydrogens is 193 g/mol. The summed E-state index contributed by atoms with van der Waals surface area (Å²) in [5.41, 5.74) is 1.07. The Hall–Kier alpha value is -1.38. The van der Waals surface area contributed by atoms with E-state index in [0.29, 0.717) is 0 Å². The maximum absolute atomic E-state index is 12.7. The van der Waals surface area contributed by atoms with Gasteiger partial charge < -0.3 is 5.32 Å². The standard InChI is InChI=1S/C12H14FNO/c1-8-6-11(14-12(8)15)7-9-2-4-10(13)5-3-9/h2-5,8,11H,6-7H2,1H3,(H,14,15). The van der Waals surface area contributed by atoms with Crippen LogP contribution >= 0.6 is 0 Å². The largest absolute Gasteiger partial charge is 0.353 e. The number of benzene rings is 1. The molecule has 2 atom stereocenters. The van der Waals surface area contributed by atoms with E-state index in [1.165, 1.54) is 12.1 Å². The van der Waals surface area contributed by atoms with E-state index in [1.54, 1.807) is 12.1 Å². The van der Waals surface area contributed by atoms with Gasteiger partial charge in [-0.15, -0.1) is 0 Å². The molecule has 3 heteroatoms. The molecule has 1 fully saturated rings. The van der Waals surface area contributed by atoms with Crippen LogP contribution in [0.3, 0.4) is 0 Å².